The number of aromatic nitrogens is 3. The Labute approximate surface area is 198 Å². The van der Waals surface area contributed by atoms with Gasteiger partial charge in [-0.1, -0.05) is 39.0 Å². The number of rotatable bonds is 9. The fourth-order valence-corrected chi connectivity index (χ4v) is 5.06. The molecule has 1 aromatic carbocycles. The van der Waals surface area contributed by atoms with Gasteiger partial charge in [-0.3, -0.25) is 15.0 Å². The van der Waals surface area contributed by atoms with Crippen LogP contribution >= 0.6 is 0 Å². The van der Waals surface area contributed by atoms with Gasteiger partial charge in [0.25, 0.3) is 0 Å². The van der Waals surface area contributed by atoms with Crippen LogP contribution in [0.2, 0.25) is 0 Å². The second-order valence-electron chi connectivity index (χ2n) is 8.43. The minimum absolute atomic E-state index is 0.863. The predicted octanol–water partition coefficient (Wildman–Crippen LogP) is 6.33. The zero-order valence-electron chi connectivity index (χ0n) is 20.0. The second-order valence-corrected chi connectivity index (χ2v) is 8.43. The lowest BCUT2D eigenvalue weighted by atomic mass is 9.79. The molecule has 4 aromatic rings. The molecule has 3 aromatic heterocycles. The molecular weight excluding hydrogens is 402 g/mol. The van der Waals surface area contributed by atoms with Crippen molar-refractivity contribution in [1.82, 2.24) is 15.0 Å². The summed E-state index contributed by atoms with van der Waals surface area (Å²) in [5, 5.41) is 0. The van der Waals surface area contributed by atoms with Gasteiger partial charge in [-0.15, -0.1) is 0 Å². The molecule has 3 nitrogen and oxygen atoms in total. The van der Waals surface area contributed by atoms with Gasteiger partial charge in [0.15, 0.2) is 0 Å². The van der Waals surface area contributed by atoms with Gasteiger partial charge in [0.2, 0.25) is 0 Å². The minimum atomic E-state index is 0.863. The van der Waals surface area contributed by atoms with Crippen LogP contribution in [0, 0.1) is 0 Å². The molecule has 0 aliphatic rings. The first-order chi connectivity index (χ1) is 16.2. The molecule has 0 aliphatic heterocycles. The molecule has 3 heterocycles. The summed E-state index contributed by atoms with van der Waals surface area (Å²) in [5.74, 6) is 0. The van der Waals surface area contributed by atoms with Crippen molar-refractivity contribution in [2.45, 2.75) is 59.3 Å². The smallest absolute Gasteiger partial charge is 0.0447 e. The van der Waals surface area contributed by atoms with Gasteiger partial charge in [-0.2, -0.15) is 0 Å². The Balaban J connectivity index is 1.95. The van der Waals surface area contributed by atoms with Gasteiger partial charge in [0.05, 0.1) is 0 Å². The van der Waals surface area contributed by atoms with E-state index in [2.05, 4.69) is 72.1 Å². The van der Waals surface area contributed by atoms with Gasteiger partial charge < -0.3 is 0 Å². The third-order valence-corrected chi connectivity index (χ3v) is 6.50. The van der Waals surface area contributed by atoms with Crippen molar-refractivity contribution in [3.63, 3.8) is 0 Å². The van der Waals surface area contributed by atoms with Gasteiger partial charge in [0.1, 0.15) is 0 Å². The molecule has 4 rings (SSSR count). The third kappa shape index (κ3) is 5.19. The molecule has 0 spiro atoms. The molecule has 0 radical (unpaired) electrons. The zero-order chi connectivity index (χ0) is 23.0. The summed E-state index contributed by atoms with van der Waals surface area (Å²) in [5.41, 5.74) is 12.2. The summed E-state index contributed by atoms with van der Waals surface area (Å²) in [6.45, 7) is 6.86. The summed E-state index contributed by atoms with van der Waals surface area (Å²) >= 11 is 0. The second kappa shape index (κ2) is 11.0. The molecule has 3 heteroatoms. The fraction of sp³-hybridized carbons (Fsp3) is 0.300. The van der Waals surface area contributed by atoms with E-state index in [1.165, 1.54) is 33.4 Å². The van der Waals surface area contributed by atoms with E-state index in [0.717, 1.165) is 55.6 Å². The first-order valence-electron chi connectivity index (χ1n) is 12.1. The number of hydrogen-bond donors (Lipinski definition) is 0. The topological polar surface area (TPSA) is 38.7 Å². The molecule has 0 amide bonds. The van der Waals surface area contributed by atoms with Crippen molar-refractivity contribution in [2.24, 2.45) is 0 Å². The zero-order valence-corrected chi connectivity index (χ0v) is 20.0. The SMILES string of the molecule is CCc1c(Cc2ccccn2)c(CC)c(Cc2ccccn2)c(CC)c1Cc1ccccn1. The highest BCUT2D eigenvalue weighted by Crippen LogP contribution is 2.34. The quantitative estimate of drug-likeness (QED) is 0.308. The largest absolute Gasteiger partial charge is 0.261 e. The van der Waals surface area contributed by atoms with Crippen molar-refractivity contribution < 1.29 is 0 Å². The maximum absolute atomic E-state index is 4.67. The summed E-state index contributed by atoms with van der Waals surface area (Å²) < 4.78 is 0. The van der Waals surface area contributed by atoms with E-state index < -0.39 is 0 Å². The molecule has 0 N–H and O–H groups in total. The molecule has 0 atom stereocenters. The third-order valence-electron chi connectivity index (χ3n) is 6.50. The molecule has 0 saturated heterocycles. The average Bonchev–Trinajstić information content (AvgIpc) is 2.86. The molecule has 33 heavy (non-hydrogen) atoms. The number of nitrogens with zero attached hydrogens (tertiary/aromatic N) is 3. The van der Waals surface area contributed by atoms with Crippen LogP contribution in [0.25, 0.3) is 0 Å². The predicted molar refractivity (Wildman–Crippen MR) is 136 cm³/mol. The molecule has 0 unspecified atom stereocenters. The van der Waals surface area contributed by atoms with Crippen molar-refractivity contribution in [3.8, 4) is 0 Å². The first kappa shape index (κ1) is 22.8. The van der Waals surface area contributed by atoms with E-state index >= 15 is 0 Å². The molecule has 0 aliphatic carbocycles. The van der Waals surface area contributed by atoms with Crippen LogP contribution in [0.3, 0.4) is 0 Å². The van der Waals surface area contributed by atoms with Crippen LogP contribution in [0.5, 0.6) is 0 Å². The fourth-order valence-electron chi connectivity index (χ4n) is 5.06. The van der Waals surface area contributed by atoms with Crippen LogP contribution in [0.15, 0.2) is 73.2 Å². The monoisotopic (exact) mass is 435 g/mol. The highest BCUT2D eigenvalue weighted by molar-refractivity contribution is 5.55. The Morgan fingerprint density at radius 1 is 0.424 bits per heavy atom. The Bertz CT molecular complexity index is 997. The summed E-state index contributed by atoms with van der Waals surface area (Å²) in [7, 11) is 0. The Morgan fingerprint density at radius 2 is 0.727 bits per heavy atom. The molecule has 0 fully saturated rings. The van der Waals surface area contributed by atoms with Crippen molar-refractivity contribution in [2.75, 3.05) is 0 Å². The Morgan fingerprint density at radius 3 is 0.939 bits per heavy atom. The lowest BCUT2D eigenvalue weighted by Crippen LogP contribution is -2.15. The van der Waals surface area contributed by atoms with E-state index in [9.17, 15) is 0 Å². The highest BCUT2D eigenvalue weighted by atomic mass is 14.7. The van der Waals surface area contributed by atoms with Gasteiger partial charge in [0, 0.05) is 54.9 Å². The Kier molecular flexibility index (Phi) is 7.62. The number of pyridine rings is 3. The van der Waals surface area contributed by atoms with Crippen molar-refractivity contribution >= 4 is 0 Å². The minimum Gasteiger partial charge on any atom is -0.261 e. The lowest BCUT2D eigenvalue weighted by Gasteiger charge is -2.26. The van der Waals surface area contributed by atoms with Crippen LogP contribution in [-0.4, -0.2) is 15.0 Å². The van der Waals surface area contributed by atoms with E-state index in [4.69, 9.17) is 0 Å². The maximum atomic E-state index is 4.67. The van der Waals surface area contributed by atoms with Crippen LogP contribution in [0.4, 0.5) is 0 Å². The Hall–Kier alpha value is -3.33. The standard InChI is InChI=1S/C30H33N3/c1-4-25-28(19-22-13-7-10-16-31-22)26(5-2)30(21-24-15-9-12-18-33-24)27(6-3)29(25)20-23-14-8-11-17-32-23/h7-18H,4-6,19-21H2,1-3H3. The molecule has 0 bridgehead atoms. The summed E-state index contributed by atoms with van der Waals surface area (Å²) in [4.78, 5) is 14.0. The van der Waals surface area contributed by atoms with E-state index in [0.29, 0.717) is 0 Å². The van der Waals surface area contributed by atoms with E-state index in [1.54, 1.807) is 0 Å². The van der Waals surface area contributed by atoms with Crippen LogP contribution in [0.1, 0.15) is 71.2 Å². The van der Waals surface area contributed by atoms with Gasteiger partial charge in [-0.05, 0) is 89.0 Å². The number of hydrogen-bond acceptors (Lipinski definition) is 3. The lowest BCUT2D eigenvalue weighted by molar-refractivity contribution is 0.878. The van der Waals surface area contributed by atoms with Crippen molar-refractivity contribution in [3.05, 3.63) is 124 Å². The molecule has 168 valence electrons. The summed E-state index contributed by atoms with van der Waals surface area (Å²) in [6, 6.07) is 18.7. The van der Waals surface area contributed by atoms with Crippen molar-refractivity contribution in [1.29, 1.82) is 0 Å². The van der Waals surface area contributed by atoms with E-state index in [1.807, 2.05) is 36.8 Å². The maximum Gasteiger partial charge on any atom is 0.0447 e. The summed E-state index contributed by atoms with van der Waals surface area (Å²) in [6.07, 6.45) is 11.3. The average molecular weight is 436 g/mol. The van der Waals surface area contributed by atoms with Gasteiger partial charge >= 0.3 is 0 Å². The number of benzene rings is 1. The normalized spacial score (nSPS) is 11.0. The molecule has 0 saturated carbocycles. The highest BCUT2D eigenvalue weighted by Gasteiger charge is 2.22. The van der Waals surface area contributed by atoms with Crippen LogP contribution in [-0.2, 0) is 38.5 Å². The first-order valence-corrected chi connectivity index (χ1v) is 12.1. The van der Waals surface area contributed by atoms with Gasteiger partial charge in [-0.25, -0.2) is 0 Å². The van der Waals surface area contributed by atoms with E-state index in [-0.39, 0.29) is 0 Å². The molecular formula is C30H33N3. The van der Waals surface area contributed by atoms with Crippen LogP contribution < -0.4 is 0 Å².